The summed E-state index contributed by atoms with van der Waals surface area (Å²) in [6.45, 7) is 1.82. The number of furan rings is 1. The molecule has 0 saturated heterocycles. The number of pyridine rings is 1. The fourth-order valence-corrected chi connectivity index (χ4v) is 2.82. The van der Waals surface area contributed by atoms with Crippen LogP contribution in [-0.4, -0.2) is 29.4 Å². The number of nitrogens with one attached hydrogen (secondary N) is 2. The van der Waals surface area contributed by atoms with Crippen molar-refractivity contribution in [2.24, 2.45) is 0 Å². The van der Waals surface area contributed by atoms with Crippen molar-refractivity contribution in [1.82, 2.24) is 15.6 Å². The van der Waals surface area contributed by atoms with Gasteiger partial charge in [-0.2, -0.15) is 0 Å². The highest BCUT2D eigenvalue weighted by Crippen LogP contribution is 2.26. The number of aryl methyl sites for hydroxylation is 1. The summed E-state index contributed by atoms with van der Waals surface area (Å²) in [5.41, 5.74) is 1.76. The fourth-order valence-electron chi connectivity index (χ4n) is 2.82. The van der Waals surface area contributed by atoms with Crippen LogP contribution in [0.5, 0.6) is 0 Å². The minimum absolute atomic E-state index is 0.0405. The molecular weight excluding hydrogens is 330 g/mol. The van der Waals surface area contributed by atoms with Crippen molar-refractivity contribution in [3.05, 3.63) is 53.8 Å². The van der Waals surface area contributed by atoms with E-state index in [-0.39, 0.29) is 24.4 Å². The molecule has 3 aromatic rings. The Balaban J connectivity index is 1.63. The van der Waals surface area contributed by atoms with Crippen LogP contribution >= 0.6 is 0 Å². The van der Waals surface area contributed by atoms with Crippen molar-refractivity contribution in [2.45, 2.75) is 25.8 Å². The van der Waals surface area contributed by atoms with Crippen LogP contribution < -0.4 is 10.6 Å². The van der Waals surface area contributed by atoms with Crippen LogP contribution in [0.2, 0.25) is 0 Å². The molecule has 2 heterocycles. The Labute approximate surface area is 150 Å². The standard InChI is InChI=1S/C20H19N3O3/c1-12-6-9-18(26-12)17-10-15(14-4-2-3-5-16(14)23-17)20(25)21-11-19(24)22-13-7-8-13/h2-6,9-10,13H,7-8,11H2,1H3,(H,21,25)(H,22,24). The average Bonchev–Trinajstić information content (AvgIpc) is 3.35. The molecule has 0 bridgehead atoms. The lowest BCUT2D eigenvalue weighted by atomic mass is 10.1. The van der Waals surface area contributed by atoms with Gasteiger partial charge in [0.25, 0.3) is 5.91 Å². The Morgan fingerprint density at radius 1 is 1.19 bits per heavy atom. The molecule has 0 atom stereocenters. The maximum atomic E-state index is 12.7. The molecule has 0 radical (unpaired) electrons. The zero-order valence-electron chi connectivity index (χ0n) is 14.4. The van der Waals surface area contributed by atoms with E-state index in [2.05, 4.69) is 15.6 Å². The first-order valence-corrected chi connectivity index (χ1v) is 8.64. The van der Waals surface area contributed by atoms with Gasteiger partial charge in [0.05, 0.1) is 17.6 Å². The number of amides is 2. The summed E-state index contributed by atoms with van der Waals surface area (Å²) in [5.74, 6) is 0.909. The monoisotopic (exact) mass is 349 g/mol. The first-order chi connectivity index (χ1) is 12.6. The van der Waals surface area contributed by atoms with E-state index in [1.165, 1.54) is 0 Å². The molecule has 1 aliphatic carbocycles. The number of para-hydroxylation sites is 1. The Kier molecular flexibility index (Phi) is 4.16. The van der Waals surface area contributed by atoms with Crippen LogP contribution in [0.15, 0.2) is 46.9 Å². The van der Waals surface area contributed by atoms with E-state index in [0.29, 0.717) is 22.5 Å². The smallest absolute Gasteiger partial charge is 0.252 e. The summed E-state index contributed by atoms with van der Waals surface area (Å²) in [6.07, 6.45) is 2.03. The summed E-state index contributed by atoms with van der Waals surface area (Å²) < 4.78 is 5.64. The topological polar surface area (TPSA) is 84.2 Å². The summed E-state index contributed by atoms with van der Waals surface area (Å²) in [5, 5.41) is 6.29. The van der Waals surface area contributed by atoms with E-state index in [1.807, 2.05) is 43.3 Å². The molecule has 2 aromatic heterocycles. The van der Waals surface area contributed by atoms with Gasteiger partial charge in [0, 0.05) is 11.4 Å². The van der Waals surface area contributed by atoms with Crippen LogP contribution in [0.25, 0.3) is 22.4 Å². The molecule has 6 nitrogen and oxygen atoms in total. The van der Waals surface area contributed by atoms with Gasteiger partial charge in [-0.3, -0.25) is 9.59 Å². The maximum Gasteiger partial charge on any atom is 0.252 e. The lowest BCUT2D eigenvalue weighted by Gasteiger charge is -2.10. The molecule has 0 aliphatic heterocycles. The van der Waals surface area contributed by atoms with Gasteiger partial charge in [-0.05, 0) is 44.0 Å². The summed E-state index contributed by atoms with van der Waals surface area (Å²) in [7, 11) is 0. The second kappa shape index (κ2) is 6.63. The van der Waals surface area contributed by atoms with Crippen LogP contribution in [0, 0.1) is 6.92 Å². The van der Waals surface area contributed by atoms with Crippen LogP contribution in [0.3, 0.4) is 0 Å². The molecule has 26 heavy (non-hydrogen) atoms. The Hall–Kier alpha value is -3.15. The zero-order valence-corrected chi connectivity index (χ0v) is 14.4. The Bertz CT molecular complexity index is 989. The van der Waals surface area contributed by atoms with Crippen LogP contribution in [0.1, 0.15) is 29.0 Å². The third-order valence-corrected chi connectivity index (χ3v) is 4.31. The van der Waals surface area contributed by atoms with Crippen molar-refractivity contribution in [3.63, 3.8) is 0 Å². The largest absolute Gasteiger partial charge is 0.460 e. The van der Waals surface area contributed by atoms with E-state index < -0.39 is 0 Å². The second-order valence-corrected chi connectivity index (χ2v) is 6.51. The molecule has 1 fully saturated rings. The number of hydrogen-bond donors (Lipinski definition) is 2. The Morgan fingerprint density at radius 3 is 2.73 bits per heavy atom. The molecule has 1 aromatic carbocycles. The number of nitrogens with zero attached hydrogens (tertiary/aromatic N) is 1. The van der Waals surface area contributed by atoms with E-state index in [4.69, 9.17) is 4.42 Å². The SMILES string of the molecule is Cc1ccc(-c2cc(C(=O)NCC(=O)NC3CC3)c3ccccc3n2)o1. The molecular formula is C20H19N3O3. The second-order valence-electron chi connectivity index (χ2n) is 6.51. The third-order valence-electron chi connectivity index (χ3n) is 4.31. The summed E-state index contributed by atoms with van der Waals surface area (Å²) >= 11 is 0. The molecule has 2 amide bonds. The van der Waals surface area contributed by atoms with Gasteiger partial charge in [0.2, 0.25) is 5.91 Å². The number of fused-ring (bicyclic) bond motifs is 1. The summed E-state index contributed by atoms with van der Waals surface area (Å²) in [6, 6.07) is 13.1. The van der Waals surface area contributed by atoms with Crippen molar-refractivity contribution in [3.8, 4) is 11.5 Å². The van der Waals surface area contributed by atoms with Gasteiger partial charge >= 0.3 is 0 Å². The highest BCUT2D eigenvalue weighted by atomic mass is 16.3. The van der Waals surface area contributed by atoms with E-state index >= 15 is 0 Å². The molecule has 132 valence electrons. The average molecular weight is 349 g/mol. The fraction of sp³-hybridized carbons (Fsp3) is 0.250. The van der Waals surface area contributed by atoms with Gasteiger partial charge in [0.1, 0.15) is 11.5 Å². The molecule has 6 heteroatoms. The first kappa shape index (κ1) is 16.3. The van der Waals surface area contributed by atoms with Gasteiger partial charge in [-0.1, -0.05) is 18.2 Å². The summed E-state index contributed by atoms with van der Waals surface area (Å²) in [4.78, 5) is 29.1. The molecule has 1 saturated carbocycles. The van der Waals surface area contributed by atoms with E-state index in [0.717, 1.165) is 24.0 Å². The first-order valence-electron chi connectivity index (χ1n) is 8.64. The number of hydrogen-bond acceptors (Lipinski definition) is 4. The molecule has 0 spiro atoms. The van der Waals surface area contributed by atoms with Crippen molar-refractivity contribution in [1.29, 1.82) is 0 Å². The minimum Gasteiger partial charge on any atom is -0.460 e. The molecule has 0 unspecified atom stereocenters. The maximum absolute atomic E-state index is 12.7. The highest BCUT2D eigenvalue weighted by molar-refractivity contribution is 6.07. The normalized spacial score (nSPS) is 13.6. The number of carbonyl (C=O) groups is 2. The number of rotatable bonds is 5. The molecule has 1 aliphatic rings. The molecule has 2 N–H and O–H groups in total. The third kappa shape index (κ3) is 3.44. The van der Waals surface area contributed by atoms with Crippen molar-refractivity contribution >= 4 is 22.7 Å². The lowest BCUT2D eigenvalue weighted by molar-refractivity contribution is -0.120. The van der Waals surface area contributed by atoms with Gasteiger partial charge < -0.3 is 15.1 Å². The number of aromatic nitrogens is 1. The van der Waals surface area contributed by atoms with E-state index in [1.54, 1.807) is 6.07 Å². The van der Waals surface area contributed by atoms with Crippen LogP contribution in [0.4, 0.5) is 0 Å². The van der Waals surface area contributed by atoms with Crippen molar-refractivity contribution < 1.29 is 14.0 Å². The minimum atomic E-state index is -0.306. The number of benzene rings is 1. The van der Waals surface area contributed by atoms with E-state index in [9.17, 15) is 9.59 Å². The Morgan fingerprint density at radius 2 is 2.00 bits per heavy atom. The van der Waals surface area contributed by atoms with Crippen molar-refractivity contribution in [2.75, 3.05) is 6.54 Å². The zero-order chi connectivity index (χ0) is 18.1. The quantitative estimate of drug-likeness (QED) is 0.742. The van der Waals surface area contributed by atoms with Gasteiger partial charge in [0.15, 0.2) is 5.76 Å². The van der Waals surface area contributed by atoms with Gasteiger partial charge in [-0.15, -0.1) is 0 Å². The van der Waals surface area contributed by atoms with Crippen LogP contribution in [-0.2, 0) is 4.79 Å². The number of carbonyl (C=O) groups excluding carboxylic acids is 2. The van der Waals surface area contributed by atoms with Gasteiger partial charge in [-0.25, -0.2) is 4.98 Å². The lowest BCUT2D eigenvalue weighted by Crippen LogP contribution is -2.37. The predicted molar refractivity (Wildman–Crippen MR) is 97.7 cm³/mol. The highest BCUT2D eigenvalue weighted by Gasteiger charge is 2.23. The molecule has 4 rings (SSSR count). The predicted octanol–water partition coefficient (Wildman–Crippen LogP) is 2.81.